The molecule has 2 heteroatoms. The molecule has 116 valence electrons. The van der Waals surface area contributed by atoms with Gasteiger partial charge in [-0.2, -0.15) is 5.26 Å². The van der Waals surface area contributed by atoms with Crippen LogP contribution < -0.4 is 0 Å². The normalized spacial score (nSPS) is 9.12. The fraction of sp³-hybridized carbons (Fsp3) is 0. The molecule has 0 saturated heterocycles. The largest absolute Gasteiger partial charge is 0.192 e. The molecule has 0 saturated carbocycles. The van der Waals surface area contributed by atoms with E-state index in [1.165, 1.54) is 0 Å². The summed E-state index contributed by atoms with van der Waals surface area (Å²) in [4.78, 5) is 0. The van der Waals surface area contributed by atoms with Gasteiger partial charge in [0.25, 0.3) is 0 Å². The van der Waals surface area contributed by atoms with Gasteiger partial charge >= 0.3 is 0 Å². The van der Waals surface area contributed by atoms with Gasteiger partial charge in [-0.3, -0.25) is 0 Å². The summed E-state index contributed by atoms with van der Waals surface area (Å²) in [6.07, 6.45) is 0. The molecular weight excluding hydrogens is 326 g/mol. The van der Waals surface area contributed by atoms with Crippen LogP contribution in [0, 0.1) is 35.0 Å². The second kappa shape index (κ2) is 7.90. The van der Waals surface area contributed by atoms with Gasteiger partial charge < -0.3 is 0 Å². The number of nitriles is 1. The van der Waals surface area contributed by atoms with E-state index in [-0.39, 0.29) is 0 Å². The molecule has 0 N–H and O–H groups in total. The molecule has 0 radical (unpaired) electrons. The van der Waals surface area contributed by atoms with E-state index < -0.39 is 0 Å². The van der Waals surface area contributed by atoms with Crippen molar-refractivity contribution in [1.82, 2.24) is 0 Å². The van der Waals surface area contributed by atoms with Gasteiger partial charge in [0.15, 0.2) is 0 Å². The van der Waals surface area contributed by atoms with Crippen LogP contribution in [-0.4, -0.2) is 0 Å². The van der Waals surface area contributed by atoms with Crippen molar-refractivity contribution in [3.63, 3.8) is 0 Å². The van der Waals surface area contributed by atoms with Gasteiger partial charge in [0.05, 0.1) is 5.56 Å². The number of hydrogen-bond acceptors (Lipinski definition) is 1. The van der Waals surface area contributed by atoms with Crippen LogP contribution in [0.25, 0.3) is 0 Å². The summed E-state index contributed by atoms with van der Waals surface area (Å²) < 4.78 is 0. The Labute approximate surface area is 152 Å². The highest BCUT2D eigenvalue weighted by atomic mass is 35.5. The summed E-state index contributed by atoms with van der Waals surface area (Å²) in [6, 6.07) is 24.6. The third-order valence-corrected chi connectivity index (χ3v) is 3.74. The first-order valence-corrected chi connectivity index (χ1v) is 8.02. The average molecular weight is 338 g/mol. The highest BCUT2D eigenvalue weighted by molar-refractivity contribution is 6.30. The third-order valence-electron chi connectivity index (χ3n) is 3.49. The first kappa shape index (κ1) is 16.4. The van der Waals surface area contributed by atoms with Gasteiger partial charge in [0, 0.05) is 27.3 Å². The Balaban J connectivity index is 1.95. The zero-order valence-corrected chi connectivity index (χ0v) is 14.0. The van der Waals surface area contributed by atoms with E-state index >= 15 is 0 Å². The molecule has 0 aliphatic heterocycles. The number of halogens is 1. The highest BCUT2D eigenvalue weighted by Gasteiger charge is 1.98. The minimum Gasteiger partial charge on any atom is -0.192 e. The lowest BCUT2D eigenvalue weighted by molar-refractivity contribution is 1.47. The van der Waals surface area contributed by atoms with Crippen LogP contribution >= 0.6 is 11.6 Å². The molecule has 1 nitrogen and oxygen atoms in total. The number of nitrogens with zero attached hydrogens (tertiary/aromatic N) is 1. The minimum absolute atomic E-state index is 0.569. The predicted molar refractivity (Wildman–Crippen MR) is 101 cm³/mol. The zero-order valence-electron chi connectivity index (χ0n) is 13.3. The maximum absolute atomic E-state index is 9.15. The molecule has 3 rings (SSSR count). The lowest BCUT2D eigenvalue weighted by Gasteiger charge is -1.96. The van der Waals surface area contributed by atoms with Crippen LogP contribution in [0.4, 0.5) is 0 Å². The molecule has 0 amide bonds. The summed E-state index contributed by atoms with van der Waals surface area (Å²) >= 11 is 5.89. The van der Waals surface area contributed by atoms with Crippen molar-refractivity contribution in [2.24, 2.45) is 0 Å². The van der Waals surface area contributed by atoms with Crippen LogP contribution in [0.1, 0.15) is 27.8 Å². The van der Waals surface area contributed by atoms with Gasteiger partial charge in [0.1, 0.15) is 6.07 Å². The van der Waals surface area contributed by atoms with Crippen LogP contribution in [0.2, 0.25) is 5.02 Å². The van der Waals surface area contributed by atoms with Gasteiger partial charge in [0.2, 0.25) is 0 Å². The summed E-state index contributed by atoms with van der Waals surface area (Å²) in [5, 5.41) is 9.84. The van der Waals surface area contributed by atoms with Gasteiger partial charge in [-0.15, -0.1) is 0 Å². The lowest BCUT2D eigenvalue weighted by Crippen LogP contribution is -1.85. The molecule has 0 fully saturated rings. The number of hydrogen-bond donors (Lipinski definition) is 0. The quantitative estimate of drug-likeness (QED) is 0.529. The van der Waals surface area contributed by atoms with E-state index in [4.69, 9.17) is 16.9 Å². The molecule has 0 atom stereocenters. The van der Waals surface area contributed by atoms with Crippen molar-refractivity contribution in [3.8, 4) is 29.8 Å². The first-order chi connectivity index (χ1) is 12.3. The topological polar surface area (TPSA) is 23.8 Å². The van der Waals surface area contributed by atoms with Crippen LogP contribution in [0.15, 0.2) is 72.8 Å². The van der Waals surface area contributed by atoms with Crippen molar-refractivity contribution in [2.45, 2.75) is 0 Å². The summed E-state index contributed by atoms with van der Waals surface area (Å²) in [6.45, 7) is 0. The van der Waals surface area contributed by atoms with Gasteiger partial charge in [-0.25, -0.2) is 0 Å². The van der Waals surface area contributed by atoms with Gasteiger partial charge in [-0.05, 0) is 48.5 Å². The Morgan fingerprint density at radius 3 is 1.52 bits per heavy atom. The molecule has 0 bridgehead atoms. The van der Waals surface area contributed by atoms with E-state index in [1.807, 2.05) is 66.7 Å². The van der Waals surface area contributed by atoms with E-state index in [0.717, 1.165) is 16.7 Å². The number of rotatable bonds is 0. The monoisotopic (exact) mass is 337 g/mol. The molecule has 25 heavy (non-hydrogen) atoms. The Kier molecular flexibility index (Phi) is 5.19. The minimum atomic E-state index is 0.569. The maximum atomic E-state index is 9.15. The molecule has 0 unspecified atom stereocenters. The second-order valence-corrected chi connectivity index (χ2v) is 5.65. The van der Waals surface area contributed by atoms with Crippen LogP contribution in [0.3, 0.4) is 0 Å². The van der Waals surface area contributed by atoms with Gasteiger partial charge in [-0.1, -0.05) is 59.5 Å². The SMILES string of the molecule is N#Cc1ccccc1C#Cc1ccccc1C#Cc1ccc(Cl)cc1. The van der Waals surface area contributed by atoms with E-state index in [2.05, 4.69) is 29.8 Å². The molecule has 0 heterocycles. The smallest absolute Gasteiger partial charge is 0.100 e. The highest BCUT2D eigenvalue weighted by Crippen LogP contribution is 2.11. The van der Waals surface area contributed by atoms with E-state index in [1.54, 1.807) is 6.07 Å². The summed E-state index contributed by atoms with van der Waals surface area (Å²) in [5.41, 5.74) is 3.85. The van der Waals surface area contributed by atoms with Crippen molar-refractivity contribution in [1.29, 1.82) is 5.26 Å². The average Bonchev–Trinajstić information content (AvgIpc) is 2.67. The zero-order chi connectivity index (χ0) is 17.5. The van der Waals surface area contributed by atoms with Crippen molar-refractivity contribution >= 4 is 11.6 Å². The van der Waals surface area contributed by atoms with Crippen molar-refractivity contribution in [3.05, 3.63) is 106 Å². The standard InChI is InChI=1S/C23H12ClN/c24-23-15-10-18(11-16-23)9-12-19-5-1-2-6-20(19)13-14-21-7-3-4-8-22(21)17-25/h1-8,10-11,15-16H. The maximum Gasteiger partial charge on any atom is 0.100 e. The molecule has 3 aromatic rings. The molecular formula is C23H12ClN. The molecule has 0 aromatic heterocycles. The lowest BCUT2D eigenvalue weighted by atomic mass is 10.1. The molecule has 0 aliphatic carbocycles. The molecule has 0 spiro atoms. The third kappa shape index (κ3) is 4.31. The first-order valence-electron chi connectivity index (χ1n) is 7.64. The Morgan fingerprint density at radius 1 is 0.560 bits per heavy atom. The van der Waals surface area contributed by atoms with Crippen molar-refractivity contribution < 1.29 is 0 Å². The van der Waals surface area contributed by atoms with Crippen LogP contribution in [-0.2, 0) is 0 Å². The van der Waals surface area contributed by atoms with E-state index in [0.29, 0.717) is 16.1 Å². The number of benzene rings is 3. The molecule has 3 aromatic carbocycles. The molecule has 0 aliphatic rings. The fourth-order valence-corrected chi connectivity index (χ4v) is 2.32. The Hall–Kier alpha value is -3.44. The Morgan fingerprint density at radius 2 is 1.00 bits per heavy atom. The predicted octanol–water partition coefficient (Wildman–Crippen LogP) is 5.01. The summed E-state index contributed by atoms with van der Waals surface area (Å²) in [7, 11) is 0. The second-order valence-electron chi connectivity index (χ2n) is 5.21. The summed E-state index contributed by atoms with van der Waals surface area (Å²) in [5.74, 6) is 12.5. The fourth-order valence-electron chi connectivity index (χ4n) is 2.20. The Bertz CT molecular complexity index is 1070. The van der Waals surface area contributed by atoms with Crippen molar-refractivity contribution in [2.75, 3.05) is 0 Å². The van der Waals surface area contributed by atoms with E-state index in [9.17, 15) is 0 Å². The van der Waals surface area contributed by atoms with Crippen LogP contribution in [0.5, 0.6) is 0 Å².